The summed E-state index contributed by atoms with van der Waals surface area (Å²) < 4.78 is 33.8. The van der Waals surface area contributed by atoms with E-state index in [0.717, 1.165) is 35.1 Å². The number of fused-ring (bicyclic) bond motifs is 1. The Bertz CT molecular complexity index is 1540. The molecule has 0 saturated carbocycles. The number of carbonyl (C=O) groups is 2. The molecule has 1 N–H and O–H groups in total. The molecule has 232 valence electrons. The third-order valence-corrected chi connectivity index (χ3v) is 10.8. The molecule has 1 fully saturated rings. The van der Waals surface area contributed by atoms with Gasteiger partial charge in [0.05, 0.1) is 5.75 Å². The average molecular weight is 609 g/mol. The molecule has 10 heteroatoms. The molecule has 0 aromatic heterocycles. The molecule has 0 radical (unpaired) electrons. The quantitative estimate of drug-likeness (QED) is 0.505. The van der Waals surface area contributed by atoms with E-state index >= 15 is 0 Å². The molecule has 2 aliphatic heterocycles. The van der Waals surface area contributed by atoms with Crippen molar-refractivity contribution in [2.24, 2.45) is 4.99 Å². The van der Waals surface area contributed by atoms with Gasteiger partial charge in [0, 0.05) is 31.4 Å². The fraction of sp³-hybridized carbons (Fsp3) is 0.545. The van der Waals surface area contributed by atoms with E-state index in [9.17, 15) is 18.0 Å². The van der Waals surface area contributed by atoms with E-state index in [0.29, 0.717) is 30.8 Å². The van der Waals surface area contributed by atoms with E-state index in [1.54, 1.807) is 7.05 Å². The molecular formula is C33H44N4O5S. The number of carbonyl (C=O) groups excluding carboxylic acids is 2. The Balaban J connectivity index is 1.22. The van der Waals surface area contributed by atoms with Crippen molar-refractivity contribution >= 4 is 33.5 Å². The van der Waals surface area contributed by atoms with Crippen molar-refractivity contribution in [2.45, 2.75) is 90.7 Å². The lowest BCUT2D eigenvalue weighted by atomic mass is 9.89. The van der Waals surface area contributed by atoms with Crippen molar-refractivity contribution in [3.8, 4) is 0 Å². The molecule has 2 aromatic carbocycles. The summed E-state index contributed by atoms with van der Waals surface area (Å²) in [6.07, 6.45) is 5.17. The number of anilines is 1. The van der Waals surface area contributed by atoms with Gasteiger partial charge in [0.2, 0.25) is 10.0 Å². The SMILES string of the molecule is Cc1cc(N(C)C(=O)OC(C)(C)C)cc(C)c1CCS(=O)(=O)N1CCC2(CC1)N=C(c1ccc3c(c1)CCCC3)NC2=O. The number of amidine groups is 1. The highest BCUT2D eigenvalue weighted by Crippen LogP contribution is 2.33. The van der Waals surface area contributed by atoms with Gasteiger partial charge in [0.25, 0.3) is 5.91 Å². The van der Waals surface area contributed by atoms with Crippen molar-refractivity contribution in [1.29, 1.82) is 0 Å². The lowest BCUT2D eigenvalue weighted by Gasteiger charge is -2.34. The summed E-state index contributed by atoms with van der Waals surface area (Å²) >= 11 is 0. The average Bonchev–Trinajstić information content (AvgIpc) is 3.26. The maximum absolute atomic E-state index is 13.4. The third kappa shape index (κ3) is 6.65. The molecule has 1 spiro atoms. The monoisotopic (exact) mass is 608 g/mol. The molecule has 0 bridgehead atoms. The molecule has 2 heterocycles. The first-order chi connectivity index (χ1) is 20.2. The number of hydrogen-bond donors (Lipinski definition) is 1. The number of nitrogens with one attached hydrogen (secondary N) is 1. The molecule has 5 rings (SSSR count). The van der Waals surface area contributed by atoms with Gasteiger partial charge < -0.3 is 10.1 Å². The number of benzene rings is 2. The van der Waals surface area contributed by atoms with Crippen molar-refractivity contribution in [3.05, 3.63) is 63.7 Å². The summed E-state index contributed by atoms with van der Waals surface area (Å²) in [7, 11) is -1.88. The van der Waals surface area contributed by atoms with Crippen LogP contribution in [0.1, 0.15) is 79.8 Å². The Morgan fingerprint density at radius 2 is 1.67 bits per heavy atom. The number of amides is 2. The minimum Gasteiger partial charge on any atom is -0.443 e. The zero-order valence-corrected chi connectivity index (χ0v) is 27.1. The van der Waals surface area contributed by atoms with Crippen molar-refractivity contribution in [3.63, 3.8) is 0 Å². The Kier molecular flexibility index (Phi) is 8.48. The lowest BCUT2D eigenvalue weighted by Crippen LogP contribution is -2.50. The predicted octanol–water partition coefficient (Wildman–Crippen LogP) is 4.84. The fourth-order valence-electron chi connectivity index (χ4n) is 6.36. The van der Waals surface area contributed by atoms with Crippen LogP contribution in [-0.4, -0.2) is 67.6 Å². The number of aliphatic imine (C=N–C) groups is 1. The minimum atomic E-state index is -3.55. The first-order valence-corrected chi connectivity index (χ1v) is 16.9. The van der Waals surface area contributed by atoms with Crippen LogP contribution in [0.4, 0.5) is 10.5 Å². The third-order valence-electron chi connectivity index (χ3n) is 8.89. The van der Waals surface area contributed by atoms with Crippen molar-refractivity contribution in [2.75, 3.05) is 30.8 Å². The van der Waals surface area contributed by atoms with Crippen LogP contribution in [0.25, 0.3) is 0 Å². The second-order valence-corrected chi connectivity index (χ2v) is 15.3. The van der Waals surface area contributed by atoms with Gasteiger partial charge in [-0.15, -0.1) is 0 Å². The number of sulfonamides is 1. The van der Waals surface area contributed by atoms with Gasteiger partial charge in [-0.3, -0.25) is 14.7 Å². The van der Waals surface area contributed by atoms with Crippen LogP contribution in [0, 0.1) is 13.8 Å². The van der Waals surface area contributed by atoms with Crippen LogP contribution in [0.3, 0.4) is 0 Å². The lowest BCUT2D eigenvalue weighted by molar-refractivity contribution is -0.124. The van der Waals surface area contributed by atoms with Crippen LogP contribution in [0.15, 0.2) is 35.3 Å². The Morgan fingerprint density at radius 3 is 2.30 bits per heavy atom. The Labute approximate surface area is 255 Å². The Hall–Kier alpha value is -3.24. The number of rotatable bonds is 6. The van der Waals surface area contributed by atoms with Gasteiger partial charge in [-0.25, -0.2) is 17.5 Å². The van der Waals surface area contributed by atoms with Crippen LogP contribution in [-0.2, 0) is 38.8 Å². The highest BCUT2D eigenvalue weighted by Gasteiger charge is 2.47. The second kappa shape index (κ2) is 11.7. The van der Waals surface area contributed by atoms with Crippen LogP contribution in [0.2, 0.25) is 0 Å². The summed E-state index contributed by atoms with van der Waals surface area (Å²) in [6, 6.07) is 10.1. The standard InChI is InChI=1S/C33H44N4O5S/c1-22-19-27(36(6)31(39)42-32(3,4)5)20-23(2)28(22)13-18-43(40,41)37-16-14-33(15-17-37)30(38)34-29(35-33)26-12-11-24-9-7-8-10-25(24)21-26/h11-12,19-21H,7-10,13-18H2,1-6H3,(H,34,35,38). The second-order valence-electron chi connectivity index (χ2n) is 13.2. The number of nitrogens with zero attached hydrogens (tertiary/aromatic N) is 3. The van der Waals surface area contributed by atoms with Crippen LogP contribution < -0.4 is 10.2 Å². The molecule has 3 aliphatic rings. The number of piperidine rings is 1. The van der Waals surface area contributed by atoms with Gasteiger partial charge in [-0.1, -0.05) is 12.1 Å². The van der Waals surface area contributed by atoms with E-state index in [-0.39, 0.29) is 24.7 Å². The zero-order chi connectivity index (χ0) is 31.2. The van der Waals surface area contributed by atoms with E-state index in [1.807, 2.05) is 52.8 Å². The van der Waals surface area contributed by atoms with E-state index in [2.05, 4.69) is 17.4 Å². The predicted molar refractivity (Wildman–Crippen MR) is 169 cm³/mol. The highest BCUT2D eigenvalue weighted by molar-refractivity contribution is 7.89. The summed E-state index contributed by atoms with van der Waals surface area (Å²) in [5.41, 5.74) is 5.61. The van der Waals surface area contributed by atoms with Crippen LogP contribution >= 0.6 is 0 Å². The van der Waals surface area contributed by atoms with Crippen molar-refractivity contribution in [1.82, 2.24) is 9.62 Å². The highest BCUT2D eigenvalue weighted by atomic mass is 32.2. The maximum atomic E-state index is 13.4. The summed E-state index contributed by atoms with van der Waals surface area (Å²) in [5.74, 6) is 0.431. The zero-order valence-electron chi connectivity index (χ0n) is 26.2. The van der Waals surface area contributed by atoms with Gasteiger partial charge in [0.1, 0.15) is 17.0 Å². The first-order valence-electron chi connectivity index (χ1n) is 15.3. The van der Waals surface area contributed by atoms with Crippen molar-refractivity contribution < 1.29 is 22.7 Å². The molecule has 0 unspecified atom stereocenters. The summed E-state index contributed by atoms with van der Waals surface area (Å²) in [6.45, 7) is 9.85. The molecular weight excluding hydrogens is 564 g/mol. The molecule has 0 atom stereocenters. The van der Waals surface area contributed by atoms with Gasteiger partial charge in [-0.2, -0.15) is 0 Å². The largest absolute Gasteiger partial charge is 0.443 e. The molecule has 43 heavy (non-hydrogen) atoms. The van der Waals surface area contributed by atoms with Gasteiger partial charge in [0.15, 0.2) is 0 Å². The fourth-order valence-corrected chi connectivity index (χ4v) is 7.82. The molecule has 9 nitrogen and oxygen atoms in total. The van der Waals surface area contributed by atoms with Gasteiger partial charge >= 0.3 is 6.09 Å². The normalized spacial score (nSPS) is 18.7. The molecule has 2 amide bonds. The summed E-state index contributed by atoms with van der Waals surface area (Å²) in [4.78, 5) is 32.0. The van der Waals surface area contributed by atoms with Crippen LogP contribution in [0.5, 0.6) is 0 Å². The smallest absolute Gasteiger partial charge is 0.414 e. The molecule has 2 aromatic rings. The minimum absolute atomic E-state index is 0.0290. The van der Waals surface area contributed by atoms with Gasteiger partial charge in [-0.05, 0) is 126 Å². The van der Waals surface area contributed by atoms with E-state index in [4.69, 9.17) is 9.73 Å². The first kappa shape index (κ1) is 31.2. The van der Waals surface area contributed by atoms with E-state index in [1.165, 1.54) is 33.2 Å². The Morgan fingerprint density at radius 1 is 1.05 bits per heavy atom. The maximum Gasteiger partial charge on any atom is 0.414 e. The summed E-state index contributed by atoms with van der Waals surface area (Å²) in [5, 5.41) is 2.99. The molecule has 1 aliphatic carbocycles. The number of hydrogen-bond acceptors (Lipinski definition) is 6. The number of ether oxygens (including phenoxy) is 1. The van der Waals surface area contributed by atoms with E-state index < -0.39 is 27.3 Å². The topological polar surface area (TPSA) is 108 Å². The number of aryl methyl sites for hydroxylation is 4. The molecule has 1 saturated heterocycles.